The minimum Gasteiger partial charge on any atom is -0.461 e. The zero-order valence-corrected chi connectivity index (χ0v) is 27.6. The summed E-state index contributed by atoms with van der Waals surface area (Å²) in [5.41, 5.74) is 1.11. The number of carbonyl (C=O) groups excluding carboxylic acids is 2. The number of hydrogen-bond acceptors (Lipinski definition) is 9. The number of nitrogens with zero attached hydrogens (tertiary/aromatic N) is 4. The van der Waals surface area contributed by atoms with Crippen molar-refractivity contribution in [3.05, 3.63) is 65.9 Å². The molecule has 3 heterocycles. The van der Waals surface area contributed by atoms with Crippen LogP contribution in [0.2, 0.25) is 5.02 Å². The quantitative estimate of drug-likeness (QED) is 0.290. The van der Waals surface area contributed by atoms with Gasteiger partial charge in [0.25, 0.3) is 10.1 Å². The molecule has 1 N–H and O–H groups in total. The van der Waals surface area contributed by atoms with Crippen molar-refractivity contribution >= 4 is 60.1 Å². The number of benzene rings is 2. The summed E-state index contributed by atoms with van der Waals surface area (Å²) >= 11 is 6.07. The first kappa shape index (κ1) is 34.6. The average molecular weight is 681 g/mol. The summed E-state index contributed by atoms with van der Waals surface area (Å²) in [7, 11) is -7.72. The molecule has 3 aromatic rings. The van der Waals surface area contributed by atoms with Crippen molar-refractivity contribution in [1.82, 2.24) is 14.2 Å². The third kappa shape index (κ3) is 9.36. The van der Waals surface area contributed by atoms with Crippen LogP contribution in [0.1, 0.15) is 26.7 Å². The van der Waals surface area contributed by atoms with E-state index in [4.69, 9.17) is 20.9 Å². The molecule has 1 aromatic heterocycles. The maximum Gasteiger partial charge on any atom is 0.330 e. The second kappa shape index (κ2) is 14.4. The topological polar surface area (TPSA) is 154 Å². The summed E-state index contributed by atoms with van der Waals surface area (Å²) in [6.07, 6.45) is 5.56. The Hall–Kier alpha value is -3.30. The molecule has 1 atom stereocenters. The van der Waals surface area contributed by atoms with Crippen LogP contribution in [-0.2, 0) is 34.5 Å². The molecule has 0 unspecified atom stereocenters. The molecule has 0 spiro atoms. The highest BCUT2D eigenvalue weighted by atomic mass is 35.5. The van der Waals surface area contributed by atoms with Gasteiger partial charge in [0.05, 0.1) is 23.8 Å². The van der Waals surface area contributed by atoms with Gasteiger partial charge in [-0.3, -0.25) is 14.3 Å². The predicted octanol–water partition coefficient (Wildman–Crippen LogP) is 3.46. The fourth-order valence-electron chi connectivity index (χ4n) is 5.41. The smallest absolute Gasteiger partial charge is 0.330 e. The van der Waals surface area contributed by atoms with E-state index >= 15 is 0 Å². The Kier molecular flexibility index (Phi) is 11.1. The fourth-order valence-corrected chi connectivity index (χ4v) is 7.02. The number of piperidine rings is 1. The summed E-state index contributed by atoms with van der Waals surface area (Å²) in [4.78, 5) is 34.6. The molecule has 0 bridgehead atoms. The Bertz CT molecular complexity index is 1720. The molecule has 5 rings (SSSR count). The standard InChI is InChI=1S/C29H33ClN4O5S.CH4O3S/c1-20(2)39-29(36)27-18-33(40(37,38)26-6-4-22-15-24(30)5-3-23(22)16-26)19-28(35)34(27)17-21-9-13-32(14-10-21)25-7-11-31-12-8-25;1-5(2,3)4/h3-8,11-12,15-16,20-21,27H,9-10,13-14,17-19H2,1-2H3;1H3,(H,2,3,4)/t27-;/m1./s1. The summed E-state index contributed by atoms with van der Waals surface area (Å²) in [5.74, 6) is -0.804. The lowest BCUT2D eigenvalue weighted by atomic mass is 9.94. The van der Waals surface area contributed by atoms with Crippen molar-refractivity contribution in [1.29, 1.82) is 0 Å². The molecule has 2 aliphatic rings. The number of amides is 1. The third-order valence-electron chi connectivity index (χ3n) is 7.52. The Labute approximate surface area is 268 Å². The van der Waals surface area contributed by atoms with Gasteiger partial charge < -0.3 is 14.5 Å². The maximum absolute atomic E-state index is 13.7. The molecule has 0 aliphatic carbocycles. The molecule has 2 aromatic carbocycles. The number of piperazine rings is 1. The lowest BCUT2D eigenvalue weighted by Crippen LogP contribution is -2.62. The van der Waals surface area contributed by atoms with Gasteiger partial charge in [0.1, 0.15) is 6.04 Å². The highest BCUT2D eigenvalue weighted by Gasteiger charge is 2.43. The number of fused-ring (bicyclic) bond motifs is 1. The molecule has 0 saturated carbocycles. The largest absolute Gasteiger partial charge is 0.461 e. The lowest BCUT2D eigenvalue weighted by Gasteiger charge is -2.42. The number of ether oxygens (including phenoxy) is 1. The summed E-state index contributed by atoms with van der Waals surface area (Å²) in [6.45, 7) is 5.01. The van der Waals surface area contributed by atoms with Crippen LogP contribution in [0.15, 0.2) is 65.8 Å². The number of rotatable bonds is 7. The minimum atomic E-state index is -4.05. The van der Waals surface area contributed by atoms with Crippen LogP contribution >= 0.6 is 11.6 Å². The van der Waals surface area contributed by atoms with Gasteiger partial charge >= 0.3 is 5.97 Å². The second-order valence-electron chi connectivity index (χ2n) is 11.4. The molecule has 45 heavy (non-hydrogen) atoms. The number of anilines is 1. The molecule has 1 amide bonds. The second-order valence-corrected chi connectivity index (χ2v) is 15.2. The van der Waals surface area contributed by atoms with Crippen LogP contribution < -0.4 is 4.90 Å². The van der Waals surface area contributed by atoms with Crippen molar-refractivity contribution in [2.24, 2.45) is 5.92 Å². The SMILES string of the molecule is CC(C)OC(=O)[C@H]1CN(S(=O)(=O)c2ccc3cc(Cl)ccc3c2)CC(=O)N1CC1CCN(c2ccncc2)CC1.CS(=O)(=O)O. The first-order valence-electron chi connectivity index (χ1n) is 14.4. The van der Waals surface area contributed by atoms with E-state index in [2.05, 4.69) is 9.88 Å². The van der Waals surface area contributed by atoms with E-state index in [1.807, 2.05) is 12.1 Å². The van der Waals surface area contributed by atoms with E-state index in [-0.39, 0.29) is 23.9 Å². The zero-order chi connectivity index (χ0) is 32.9. The van der Waals surface area contributed by atoms with Gasteiger partial charge in [0, 0.05) is 49.3 Å². The highest BCUT2D eigenvalue weighted by Crippen LogP contribution is 2.29. The van der Waals surface area contributed by atoms with Crippen LogP contribution in [0.3, 0.4) is 0 Å². The van der Waals surface area contributed by atoms with Gasteiger partial charge in [-0.2, -0.15) is 12.7 Å². The number of sulfonamides is 1. The molecule has 2 saturated heterocycles. The Morgan fingerprint density at radius 3 is 2.24 bits per heavy atom. The van der Waals surface area contributed by atoms with E-state index < -0.39 is 44.2 Å². The van der Waals surface area contributed by atoms with Gasteiger partial charge in [0.2, 0.25) is 15.9 Å². The van der Waals surface area contributed by atoms with Crippen LogP contribution in [0, 0.1) is 5.92 Å². The van der Waals surface area contributed by atoms with Crippen LogP contribution in [0.5, 0.6) is 0 Å². The first-order chi connectivity index (χ1) is 21.1. The average Bonchev–Trinajstić information content (AvgIpc) is 2.97. The number of halogens is 1. The van der Waals surface area contributed by atoms with Crippen molar-refractivity contribution in [2.45, 2.75) is 43.7 Å². The molecule has 2 fully saturated rings. The molecular formula is C30H37ClN4O8S2. The summed E-state index contributed by atoms with van der Waals surface area (Å²) in [6, 6.07) is 12.9. The molecule has 12 nitrogen and oxygen atoms in total. The van der Waals surface area contributed by atoms with Crippen molar-refractivity contribution in [3.63, 3.8) is 0 Å². The van der Waals surface area contributed by atoms with Gasteiger partial charge in [0.15, 0.2) is 0 Å². The number of aromatic nitrogens is 1. The zero-order valence-electron chi connectivity index (χ0n) is 25.2. The fraction of sp³-hybridized carbons (Fsp3) is 0.433. The van der Waals surface area contributed by atoms with E-state index in [9.17, 15) is 26.4 Å². The molecule has 244 valence electrons. The molecule has 0 radical (unpaired) electrons. The van der Waals surface area contributed by atoms with Gasteiger partial charge in [-0.1, -0.05) is 23.7 Å². The van der Waals surface area contributed by atoms with Gasteiger partial charge in [-0.05, 0) is 79.8 Å². The van der Waals surface area contributed by atoms with E-state index in [1.54, 1.807) is 56.6 Å². The monoisotopic (exact) mass is 680 g/mol. The van der Waals surface area contributed by atoms with Crippen LogP contribution in [-0.4, -0.2) is 98.6 Å². The normalized spacial score (nSPS) is 18.5. The van der Waals surface area contributed by atoms with Crippen molar-refractivity contribution in [3.8, 4) is 0 Å². The van der Waals surface area contributed by atoms with E-state index in [0.717, 1.165) is 41.3 Å². The third-order valence-corrected chi connectivity index (χ3v) is 9.56. The van der Waals surface area contributed by atoms with Crippen molar-refractivity contribution < 1.29 is 35.7 Å². The Morgan fingerprint density at radius 2 is 1.62 bits per heavy atom. The maximum atomic E-state index is 13.7. The first-order valence-corrected chi connectivity index (χ1v) is 18.1. The van der Waals surface area contributed by atoms with Gasteiger partial charge in [-0.25, -0.2) is 13.2 Å². The van der Waals surface area contributed by atoms with Crippen LogP contribution in [0.4, 0.5) is 5.69 Å². The molecular weight excluding hydrogens is 644 g/mol. The number of carbonyl (C=O) groups is 2. The Balaban J connectivity index is 0.000000854. The van der Waals surface area contributed by atoms with Crippen molar-refractivity contribution in [2.75, 3.05) is 43.9 Å². The van der Waals surface area contributed by atoms with Crippen LogP contribution in [0.25, 0.3) is 10.8 Å². The molecule has 2 aliphatic heterocycles. The highest BCUT2D eigenvalue weighted by molar-refractivity contribution is 7.89. The number of hydrogen-bond donors (Lipinski definition) is 1. The number of pyridine rings is 1. The minimum absolute atomic E-state index is 0.0584. The lowest BCUT2D eigenvalue weighted by molar-refractivity contribution is -0.162. The predicted molar refractivity (Wildman–Crippen MR) is 171 cm³/mol. The van der Waals surface area contributed by atoms with E-state index in [0.29, 0.717) is 23.2 Å². The number of esters is 1. The van der Waals surface area contributed by atoms with E-state index in [1.165, 1.54) is 11.0 Å². The summed E-state index contributed by atoms with van der Waals surface area (Å²) < 4.78 is 59.8. The summed E-state index contributed by atoms with van der Waals surface area (Å²) in [5, 5.41) is 2.07. The molecule has 15 heteroatoms. The Morgan fingerprint density at radius 1 is 1.02 bits per heavy atom. The van der Waals surface area contributed by atoms with Gasteiger partial charge in [-0.15, -0.1) is 0 Å².